The first-order valence-corrected chi connectivity index (χ1v) is 10.7. The van der Waals surface area contributed by atoms with Crippen LogP contribution in [0.25, 0.3) is 0 Å². The van der Waals surface area contributed by atoms with Crippen LogP contribution in [0, 0.1) is 0 Å². The van der Waals surface area contributed by atoms with Crippen LogP contribution in [0.4, 0.5) is 0 Å². The van der Waals surface area contributed by atoms with Crippen LogP contribution < -0.4 is 0 Å². The number of amides is 1. The summed E-state index contributed by atoms with van der Waals surface area (Å²) in [7, 11) is 0. The van der Waals surface area contributed by atoms with Gasteiger partial charge in [0.05, 0.1) is 12.1 Å². The summed E-state index contributed by atoms with van der Waals surface area (Å²) in [5.41, 5.74) is 0. The van der Waals surface area contributed by atoms with E-state index < -0.39 is 12.1 Å². The normalized spacial score (nSPS) is 18.5. The van der Waals surface area contributed by atoms with Crippen LogP contribution in [0.5, 0.6) is 0 Å². The van der Waals surface area contributed by atoms with Crippen molar-refractivity contribution in [2.45, 2.75) is 57.6 Å². The molecule has 1 aliphatic heterocycles. The number of aryl methyl sites for hydroxylation is 1. The van der Waals surface area contributed by atoms with E-state index in [1.807, 2.05) is 30.0 Å². The topological polar surface area (TPSA) is 91.0 Å². The number of thioether (sulfide) groups is 1. The van der Waals surface area contributed by atoms with Gasteiger partial charge in [0.15, 0.2) is 0 Å². The Morgan fingerprint density at radius 2 is 2.19 bits per heavy atom. The predicted octanol–water partition coefficient (Wildman–Crippen LogP) is 2.89. The number of hydrogen-bond donors (Lipinski definition) is 2. The van der Waals surface area contributed by atoms with E-state index >= 15 is 0 Å². The molecule has 0 aliphatic carbocycles. The van der Waals surface area contributed by atoms with E-state index in [1.165, 1.54) is 0 Å². The van der Waals surface area contributed by atoms with Crippen LogP contribution in [0.1, 0.15) is 44.1 Å². The fourth-order valence-electron chi connectivity index (χ4n) is 3.09. The number of carbonyl (C=O) groups excluding carboxylic acids is 1. The first-order valence-electron chi connectivity index (χ1n) is 9.52. The maximum Gasteiger partial charge on any atom is 0.303 e. The van der Waals surface area contributed by atoms with Gasteiger partial charge in [0.2, 0.25) is 5.91 Å². The number of carboxylic acid groups (broad SMARTS) is 1. The van der Waals surface area contributed by atoms with E-state index in [9.17, 15) is 14.7 Å². The summed E-state index contributed by atoms with van der Waals surface area (Å²) in [5, 5.41) is 18.8. The summed E-state index contributed by atoms with van der Waals surface area (Å²) in [4.78, 5) is 24.4. The predicted molar refractivity (Wildman–Crippen MR) is 106 cm³/mol. The molecule has 7 heteroatoms. The molecule has 0 aromatic carbocycles. The molecule has 1 saturated heterocycles. The zero-order chi connectivity index (χ0) is 19.6. The van der Waals surface area contributed by atoms with Crippen molar-refractivity contribution in [2.75, 3.05) is 18.1 Å². The van der Waals surface area contributed by atoms with Gasteiger partial charge in [0.25, 0.3) is 0 Å². The SMILES string of the molecule is CCc1ccc(C[C@H](O)C=C[C@H]2CCC(=O)N2CCSCCCC(=O)O)o1. The minimum atomic E-state index is -0.769. The lowest BCUT2D eigenvalue weighted by atomic mass is 10.1. The summed E-state index contributed by atoms with van der Waals surface area (Å²) in [6, 6.07) is 3.84. The summed E-state index contributed by atoms with van der Waals surface area (Å²) in [5.74, 6) is 2.63. The fourth-order valence-corrected chi connectivity index (χ4v) is 3.97. The van der Waals surface area contributed by atoms with Gasteiger partial charge in [0.1, 0.15) is 11.5 Å². The molecule has 6 nitrogen and oxygen atoms in total. The molecule has 2 rings (SSSR count). The molecule has 2 heterocycles. The van der Waals surface area contributed by atoms with E-state index in [0.29, 0.717) is 25.8 Å². The highest BCUT2D eigenvalue weighted by molar-refractivity contribution is 7.99. The number of aliphatic hydroxyl groups excluding tert-OH is 1. The van der Waals surface area contributed by atoms with Crippen molar-refractivity contribution in [1.29, 1.82) is 0 Å². The largest absolute Gasteiger partial charge is 0.481 e. The Morgan fingerprint density at radius 3 is 2.89 bits per heavy atom. The number of aliphatic hydroxyl groups is 1. The molecule has 1 aromatic heterocycles. The zero-order valence-electron chi connectivity index (χ0n) is 15.8. The van der Waals surface area contributed by atoms with Crippen LogP contribution in [0.3, 0.4) is 0 Å². The fraction of sp³-hybridized carbons (Fsp3) is 0.600. The van der Waals surface area contributed by atoms with E-state index in [0.717, 1.165) is 35.9 Å². The Bertz CT molecular complexity index is 642. The number of carboxylic acids is 1. The Hall–Kier alpha value is -1.73. The van der Waals surface area contributed by atoms with E-state index in [2.05, 4.69) is 0 Å². The van der Waals surface area contributed by atoms with Crippen LogP contribution in [0.15, 0.2) is 28.7 Å². The third kappa shape index (κ3) is 7.42. The number of hydrogen-bond acceptors (Lipinski definition) is 5. The van der Waals surface area contributed by atoms with Gasteiger partial charge in [-0.05, 0) is 30.7 Å². The van der Waals surface area contributed by atoms with Gasteiger partial charge in [-0.25, -0.2) is 0 Å². The number of aliphatic carboxylic acids is 1. The van der Waals surface area contributed by atoms with E-state index in [4.69, 9.17) is 9.52 Å². The average Bonchev–Trinajstić information content (AvgIpc) is 3.22. The Morgan fingerprint density at radius 1 is 1.41 bits per heavy atom. The Labute approximate surface area is 164 Å². The monoisotopic (exact) mass is 395 g/mol. The molecule has 1 amide bonds. The molecule has 0 saturated carbocycles. The summed E-state index contributed by atoms with van der Waals surface area (Å²) < 4.78 is 5.62. The molecule has 1 aliphatic rings. The van der Waals surface area contributed by atoms with Crippen molar-refractivity contribution in [1.82, 2.24) is 4.90 Å². The van der Waals surface area contributed by atoms with Gasteiger partial charge in [-0.2, -0.15) is 11.8 Å². The van der Waals surface area contributed by atoms with Gasteiger partial charge in [0, 0.05) is 38.0 Å². The van der Waals surface area contributed by atoms with Gasteiger partial charge in [-0.1, -0.05) is 19.1 Å². The third-order valence-electron chi connectivity index (χ3n) is 4.56. The number of rotatable bonds is 12. The smallest absolute Gasteiger partial charge is 0.303 e. The lowest BCUT2D eigenvalue weighted by Crippen LogP contribution is -2.34. The Kier molecular flexibility index (Phi) is 8.94. The number of furan rings is 1. The molecule has 0 bridgehead atoms. The molecule has 0 spiro atoms. The van der Waals surface area contributed by atoms with Crippen LogP contribution in [0.2, 0.25) is 0 Å². The van der Waals surface area contributed by atoms with Crippen LogP contribution in [-0.2, 0) is 22.4 Å². The molecule has 0 radical (unpaired) electrons. The van der Waals surface area contributed by atoms with Crippen molar-refractivity contribution in [3.8, 4) is 0 Å². The zero-order valence-corrected chi connectivity index (χ0v) is 16.6. The van der Waals surface area contributed by atoms with Crippen molar-refractivity contribution in [3.05, 3.63) is 35.8 Å². The van der Waals surface area contributed by atoms with Crippen molar-refractivity contribution < 1.29 is 24.2 Å². The van der Waals surface area contributed by atoms with Gasteiger partial charge < -0.3 is 19.5 Å². The van der Waals surface area contributed by atoms with Crippen LogP contribution >= 0.6 is 11.8 Å². The highest BCUT2D eigenvalue weighted by atomic mass is 32.2. The number of carbonyl (C=O) groups is 2. The van der Waals surface area contributed by atoms with Crippen molar-refractivity contribution in [2.24, 2.45) is 0 Å². The molecule has 1 fully saturated rings. The van der Waals surface area contributed by atoms with Gasteiger partial charge in [-0.15, -0.1) is 0 Å². The first-order chi connectivity index (χ1) is 13.0. The second-order valence-corrected chi connectivity index (χ2v) is 7.91. The minimum Gasteiger partial charge on any atom is -0.481 e. The molecule has 150 valence electrons. The molecule has 27 heavy (non-hydrogen) atoms. The van der Waals surface area contributed by atoms with Crippen LogP contribution in [-0.4, -0.2) is 57.2 Å². The summed E-state index contributed by atoms with van der Waals surface area (Å²) in [6.45, 7) is 2.68. The molecule has 1 aromatic rings. The second kappa shape index (κ2) is 11.2. The Balaban J connectivity index is 1.75. The maximum atomic E-state index is 12.1. The summed E-state index contributed by atoms with van der Waals surface area (Å²) >= 11 is 1.67. The number of likely N-dealkylation sites (tertiary alicyclic amines) is 1. The quantitative estimate of drug-likeness (QED) is 0.418. The highest BCUT2D eigenvalue weighted by Gasteiger charge is 2.28. The first kappa shape index (κ1) is 21.6. The lowest BCUT2D eigenvalue weighted by Gasteiger charge is -2.22. The molecule has 2 N–H and O–H groups in total. The minimum absolute atomic E-state index is 0.0228. The van der Waals surface area contributed by atoms with Crippen molar-refractivity contribution in [3.63, 3.8) is 0 Å². The third-order valence-corrected chi connectivity index (χ3v) is 5.61. The maximum absolute atomic E-state index is 12.1. The molecule has 0 unspecified atom stereocenters. The lowest BCUT2D eigenvalue weighted by molar-refractivity contribution is -0.137. The van der Waals surface area contributed by atoms with E-state index in [1.54, 1.807) is 17.8 Å². The molecular formula is C20H29NO5S. The average molecular weight is 396 g/mol. The van der Waals surface area contributed by atoms with Crippen molar-refractivity contribution >= 4 is 23.6 Å². The highest BCUT2D eigenvalue weighted by Crippen LogP contribution is 2.21. The second-order valence-electron chi connectivity index (χ2n) is 6.68. The standard InChI is InChI=1S/C20H29NO5S/c1-2-17-8-9-18(26-17)14-16(22)7-5-15-6-10-19(23)21(15)11-13-27-12-3-4-20(24)25/h5,7-9,15-16,22H,2-4,6,10-14H2,1H3,(H,24,25)/t15-,16+/m0/s1. The molecule has 2 atom stereocenters. The van der Waals surface area contributed by atoms with Gasteiger partial charge >= 0.3 is 5.97 Å². The number of nitrogens with zero attached hydrogens (tertiary/aromatic N) is 1. The molecular weight excluding hydrogens is 366 g/mol. The van der Waals surface area contributed by atoms with E-state index in [-0.39, 0.29) is 18.4 Å². The summed E-state index contributed by atoms with van der Waals surface area (Å²) in [6.07, 6.45) is 6.45. The van der Waals surface area contributed by atoms with Gasteiger partial charge in [-0.3, -0.25) is 9.59 Å².